The lowest BCUT2D eigenvalue weighted by molar-refractivity contribution is -0.138. The molecule has 27 heavy (non-hydrogen) atoms. The fourth-order valence-corrected chi connectivity index (χ4v) is 4.08. The quantitative estimate of drug-likeness (QED) is 0.509. The number of carbonyl (C=O) groups is 2. The lowest BCUT2D eigenvalue weighted by Crippen LogP contribution is -2.33. The molecule has 0 aromatic heterocycles. The van der Waals surface area contributed by atoms with Crippen LogP contribution < -0.4 is 14.8 Å². The fraction of sp³-hybridized carbons (Fsp3) is 0.263. The van der Waals surface area contributed by atoms with Gasteiger partial charge in [0.25, 0.3) is 0 Å². The Kier molecular flexibility index (Phi) is 6.41. The Morgan fingerprint density at radius 2 is 1.96 bits per heavy atom. The molecule has 2 N–H and O–H groups in total. The van der Waals surface area contributed by atoms with Crippen LogP contribution in [0.4, 0.5) is 0 Å². The van der Waals surface area contributed by atoms with E-state index in [1.807, 2.05) is 13.0 Å². The minimum atomic E-state index is -0.866. The molecule has 1 aliphatic rings. The van der Waals surface area contributed by atoms with Crippen molar-refractivity contribution in [2.45, 2.75) is 18.3 Å². The van der Waals surface area contributed by atoms with Crippen LogP contribution in [0.1, 0.15) is 28.2 Å². The van der Waals surface area contributed by atoms with Gasteiger partial charge in [-0.3, -0.25) is 10.1 Å². The van der Waals surface area contributed by atoms with Gasteiger partial charge in [0, 0.05) is 10.2 Å². The van der Waals surface area contributed by atoms with E-state index in [1.165, 1.54) is 11.8 Å². The van der Waals surface area contributed by atoms with Gasteiger partial charge in [-0.05, 0) is 48.9 Å². The van der Waals surface area contributed by atoms with Gasteiger partial charge >= 0.3 is 11.9 Å². The van der Waals surface area contributed by atoms with E-state index in [9.17, 15) is 9.59 Å². The van der Waals surface area contributed by atoms with Gasteiger partial charge in [0.15, 0.2) is 11.5 Å². The van der Waals surface area contributed by atoms with Crippen LogP contribution in [0.5, 0.6) is 11.5 Å². The molecular formula is C19H18BrNO5S. The molecule has 142 valence electrons. The molecule has 2 aromatic rings. The maximum atomic E-state index is 12.4. The molecule has 3 rings (SSSR count). The van der Waals surface area contributed by atoms with Gasteiger partial charge in [0.05, 0.1) is 17.5 Å². The highest BCUT2D eigenvalue weighted by molar-refractivity contribution is 9.10. The van der Waals surface area contributed by atoms with E-state index in [4.69, 9.17) is 14.6 Å². The van der Waals surface area contributed by atoms with E-state index in [0.29, 0.717) is 29.4 Å². The summed E-state index contributed by atoms with van der Waals surface area (Å²) in [6, 6.07) is 11.6. The molecule has 6 nitrogen and oxygen atoms in total. The summed E-state index contributed by atoms with van der Waals surface area (Å²) in [4.78, 5) is 23.5. The second kappa shape index (κ2) is 8.77. The molecule has 2 aromatic carbocycles. The summed E-state index contributed by atoms with van der Waals surface area (Å²) in [6.45, 7) is 2.26. The summed E-state index contributed by atoms with van der Waals surface area (Å²) in [5.41, 5.74) is 1.30. The molecule has 0 radical (unpaired) electrons. The molecule has 0 unspecified atom stereocenters. The third-order valence-electron chi connectivity index (χ3n) is 3.93. The van der Waals surface area contributed by atoms with E-state index in [0.717, 1.165) is 10.0 Å². The highest BCUT2D eigenvalue weighted by Gasteiger charge is 2.30. The van der Waals surface area contributed by atoms with Crippen molar-refractivity contribution in [2.75, 3.05) is 12.4 Å². The third-order valence-corrected chi connectivity index (χ3v) is 5.73. The number of benzene rings is 2. The summed E-state index contributed by atoms with van der Waals surface area (Å²) in [6.07, 6.45) is 0. The molecule has 2 atom stereocenters. The maximum absolute atomic E-state index is 12.4. The molecular weight excluding hydrogens is 434 g/mol. The van der Waals surface area contributed by atoms with Gasteiger partial charge < -0.3 is 14.6 Å². The zero-order valence-corrected chi connectivity index (χ0v) is 16.9. The Balaban J connectivity index is 1.78. The van der Waals surface area contributed by atoms with E-state index >= 15 is 0 Å². The number of nitrogens with one attached hydrogen (secondary N) is 1. The van der Waals surface area contributed by atoms with Crippen molar-refractivity contribution in [3.63, 3.8) is 0 Å². The van der Waals surface area contributed by atoms with E-state index < -0.39 is 18.0 Å². The number of thioether (sulfide) groups is 1. The Labute approximate surface area is 169 Å². The average Bonchev–Trinajstić information content (AvgIpc) is 3.14. The second-order valence-electron chi connectivity index (χ2n) is 5.81. The summed E-state index contributed by atoms with van der Waals surface area (Å²) in [5.74, 6) is -0.0805. The lowest BCUT2D eigenvalue weighted by Gasteiger charge is -2.16. The number of hydrogen-bond acceptors (Lipinski definition) is 6. The number of hydrogen-bond donors (Lipinski definition) is 2. The normalized spacial score (nSPS) is 18.9. The molecule has 1 aliphatic heterocycles. The standard InChI is InChI=1S/C19H18BrNO5S/c1-2-25-16-9-12(17-21-14(10-27-17)18(22)23)5-8-15(16)26-19(24)11-3-6-13(20)7-4-11/h3-9,14,17,21H,2,10H2,1H3,(H,22,23)/t14-,17-/m0/s1. The number of esters is 1. The summed E-state index contributed by atoms with van der Waals surface area (Å²) < 4.78 is 12.0. The van der Waals surface area contributed by atoms with Gasteiger partial charge in [-0.2, -0.15) is 0 Å². The van der Waals surface area contributed by atoms with Crippen molar-refractivity contribution < 1.29 is 24.2 Å². The van der Waals surface area contributed by atoms with Crippen molar-refractivity contribution in [3.8, 4) is 11.5 Å². The topological polar surface area (TPSA) is 84.9 Å². The van der Waals surface area contributed by atoms with Crippen LogP contribution in [-0.4, -0.2) is 35.4 Å². The van der Waals surface area contributed by atoms with Crippen LogP contribution in [0.15, 0.2) is 46.9 Å². The van der Waals surface area contributed by atoms with E-state index in [2.05, 4.69) is 21.2 Å². The van der Waals surface area contributed by atoms with Gasteiger partial charge in [0.2, 0.25) is 0 Å². The van der Waals surface area contributed by atoms with Crippen LogP contribution in [-0.2, 0) is 4.79 Å². The number of rotatable bonds is 6. The Morgan fingerprint density at radius 1 is 1.22 bits per heavy atom. The molecule has 1 fully saturated rings. The number of aliphatic carboxylic acids is 1. The number of halogens is 1. The third kappa shape index (κ3) is 4.82. The van der Waals surface area contributed by atoms with Crippen LogP contribution >= 0.6 is 27.7 Å². The van der Waals surface area contributed by atoms with E-state index in [-0.39, 0.29) is 5.37 Å². The number of carboxylic acid groups (broad SMARTS) is 1. The predicted octanol–water partition coefficient (Wildman–Crippen LogP) is 3.86. The van der Waals surface area contributed by atoms with Crippen molar-refractivity contribution in [1.82, 2.24) is 5.32 Å². The fourth-order valence-electron chi connectivity index (χ4n) is 2.59. The highest BCUT2D eigenvalue weighted by Crippen LogP contribution is 2.37. The van der Waals surface area contributed by atoms with Gasteiger partial charge in [-0.25, -0.2) is 4.79 Å². The van der Waals surface area contributed by atoms with E-state index in [1.54, 1.807) is 36.4 Å². The Morgan fingerprint density at radius 3 is 2.59 bits per heavy atom. The first kappa shape index (κ1) is 19.7. The first-order valence-electron chi connectivity index (χ1n) is 8.33. The summed E-state index contributed by atoms with van der Waals surface area (Å²) in [5, 5.41) is 12.0. The second-order valence-corrected chi connectivity index (χ2v) is 7.86. The molecule has 0 amide bonds. The summed E-state index contributed by atoms with van der Waals surface area (Å²) in [7, 11) is 0. The number of carboxylic acids is 1. The Bertz CT molecular complexity index is 842. The number of ether oxygens (including phenoxy) is 2. The SMILES string of the molecule is CCOc1cc([C@H]2N[C@H](C(=O)O)CS2)ccc1OC(=O)c1ccc(Br)cc1. The lowest BCUT2D eigenvalue weighted by atomic mass is 10.1. The zero-order valence-electron chi connectivity index (χ0n) is 14.5. The molecule has 0 bridgehead atoms. The highest BCUT2D eigenvalue weighted by atomic mass is 79.9. The molecule has 1 heterocycles. The number of carbonyl (C=O) groups excluding carboxylic acids is 1. The minimum Gasteiger partial charge on any atom is -0.490 e. The smallest absolute Gasteiger partial charge is 0.343 e. The monoisotopic (exact) mass is 451 g/mol. The molecule has 0 spiro atoms. The van der Waals surface area contributed by atoms with Crippen molar-refractivity contribution >= 4 is 39.6 Å². The molecule has 8 heteroatoms. The molecule has 0 aliphatic carbocycles. The van der Waals surface area contributed by atoms with Gasteiger partial charge in [-0.15, -0.1) is 11.8 Å². The minimum absolute atomic E-state index is 0.151. The zero-order chi connectivity index (χ0) is 19.4. The summed E-state index contributed by atoms with van der Waals surface area (Å²) >= 11 is 4.85. The van der Waals surface area contributed by atoms with Crippen LogP contribution in [0.25, 0.3) is 0 Å². The van der Waals surface area contributed by atoms with Crippen LogP contribution in [0.3, 0.4) is 0 Å². The Hall–Kier alpha value is -2.03. The molecule has 0 saturated carbocycles. The largest absolute Gasteiger partial charge is 0.490 e. The van der Waals surface area contributed by atoms with Gasteiger partial charge in [-0.1, -0.05) is 22.0 Å². The van der Waals surface area contributed by atoms with Crippen LogP contribution in [0, 0.1) is 0 Å². The molecule has 1 saturated heterocycles. The maximum Gasteiger partial charge on any atom is 0.343 e. The first-order valence-corrected chi connectivity index (χ1v) is 10.2. The van der Waals surface area contributed by atoms with Crippen LogP contribution in [0.2, 0.25) is 0 Å². The van der Waals surface area contributed by atoms with Crippen molar-refractivity contribution in [2.24, 2.45) is 0 Å². The first-order chi connectivity index (χ1) is 13.0. The van der Waals surface area contributed by atoms with Crippen molar-refractivity contribution in [3.05, 3.63) is 58.1 Å². The van der Waals surface area contributed by atoms with Crippen molar-refractivity contribution in [1.29, 1.82) is 0 Å². The average molecular weight is 452 g/mol. The predicted molar refractivity (Wildman–Crippen MR) is 106 cm³/mol. The van der Waals surface area contributed by atoms with Gasteiger partial charge in [0.1, 0.15) is 6.04 Å².